The van der Waals surface area contributed by atoms with Crippen molar-refractivity contribution in [2.24, 2.45) is 0 Å². The van der Waals surface area contributed by atoms with Crippen LogP contribution in [0, 0.1) is 5.82 Å². The maximum absolute atomic E-state index is 14.0. The van der Waals surface area contributed by atoms with E-state index in [1.165, 1.54) is 15.9 Å². The summed E-state index contributed by atoms with van der Waals surface area (Å²) < 4.78 is 22.4. The fourth-order valence-electron chi connectivity index (χ4n) is 4.17. The number of benzene rings is 2. The molecule has 0 spiro atoms. The molecule has 2 aromatic carbocycles. The van der Waals surface area contributed by atoms with Gasteiger partial charge in [-0.2, -0.15) is 5.10 Å². The topological polar surface area (TPSA) is 67.7 Å². The summed E-state index contributed by atoms with van der Waals surface area (Å²) in [5.74, 6) is -0.268. The normalized spacial score (nSPS) is 18.2. The number of hydrogen-bond acceptors (Lipinski definition) is 4. The van der Waals surface area contributed by atoms with Gasteiger partial charge < -0.3 is 14.5 Å². The number of carbonyl (C=O) groups excluding carboxylic acids is 2. The van der Waals surface area contributed by atoms with Gasteiger partial charge in [0, 0.05) is 35.4 Å². The Balaban J connectivity index is 1.39. The van der Waals surface area contributed by atoms with Crippen LogP contribution in [0.4, 0.5) is 10.1 Å². The highest BCUT2D eigenvalue weighted by Crippen LogP contribution is 2.34. The van der Waals surface area contributed by atoms with Crippen LogP contribution in [0.15, 0.2) is 53.1 Å². The number of fused-ring (bicyclic) bond motifs is 2. The van der Waals surface area contributed by atoms with E-state index in [0.717, 1.165) is 10.0 Å². The second-order valence-corrected chi connectivity index (χ2v) is 8.79. The molecule has 1 aromatic heterocycles. The van der Waals surface area contributed by atoms with Crippen LogP contribution in [-0.2, 0) is 17.8 Å². The van der Waals surface area contributed by atoms with E-state index in [0.29, 0.717) is 35.7 Å². The molecule has 5 rings (SSSR count). The van der Waals surface area contributed by atoms with Crippen LogP contribution in [0.2, 0.25) is 0 Å². The molecule has 32 heavy (non-hydrogen) atoms. The standard InChI is InChI=1S/C23H20BrFN4O3/c1-27-18-7-6-16(24)10-20(18)32-13-19(22(27)30)29-9-8-15-12-28(26-21(15)23(29)31)11-14-4-2-3-5-17(14)25/h2-7,10,12,19H,8-9,11,13H2,1H3. The number of nitrogens with zero attached hydrogens (tertiary/aromatic N) is 4. The highest BCUT2D eigenvalue weighted by atomic mass is 79.9. The first-order valence-electron chi connectivity index (χ1n) is 10.2. The Hall–Kier alpha value is -3.20. The number of carbonyl (C=O) groups is 2. The van der Waals surface area contributed by atoms with Crippen molar-refractivity contribution in [3.05, 3.63) is 75.8 Å². The molecule has 7 nitrogen and oxygen atoms in total. The number of aromatic nitrogens is 2. The second kappa shape index (κ2) is 8.05. The summed E-state index contributed by atoms with van der Waals surface area (Å²) in [4.78, 5) is 29.5. The molecule has 0 N–H and O–H groups in total. The zero-order valence-corrected chi connectivity index (χ0v) is 18.9. The molecule has 3 heterocycles. The van der Waals surface area contributed by atoms with Crippen LogP contribution in [0.1, 0.15) is 21.6 Å². The number of ether oxygens (including phenoxy) is 1. The largest absolute Gasteiger partial charge is 0.489 e. The van der Waals surface area contributed by atoms with Crippen molar-refractivity contribution in [3.8, 4) is 5.75 Å². The van der Waals surface area contributed by atoms with E-state index in [2.05, 4.69) is 21.0 Å². The smallest absolute Gasteiger partial charge is 0.275 e. The quantitative estimate of drug-likeness (QED) is 0.555. The molecule has 0 aliphatic carbocycles. The number of amides is 2. The molecular formula is C23H20BrFN4O3. The van der Waals surface area contributed by atoms with Crippen LogP contribution in [0.3, 0.4) is 0 Å². The lowest BCUT2D eigenvalue weighted by molar-refractivity contribution is -0.123. The first-order chi connectivity index (χ1) is 15.4. The van der Waals surface area contributed by atoms with Crippen molar-refractivity contribution in [1.29, 1.82) is 0 Å². The van der Waals surface area contributed by atoms with Crippen molar-refractivity contribution >= 4 is 33.4 Å². The van der Waals surface area contributed by atoms with Crippen LogP contribution >= 0.6 is 15.9 Å². The SMILES string of the molecule is CN1C(=O)C(N2CCc3cn(Cc4ccccc4F)nc3C2=O)COc2cc(Br)ccc21. The van der Waals surface area contributed by atoms with Crippen molar-refractivity contribution < 1.29 is 18.7 Å². The van der Waals surface area contributed by atoms with E-state index < -0.39 is 6.04 Å². The van der Waals surface area contributed by atoms with Gasteiger partial charge in [-0.25, -0.2) is 4.39 Å². The molecule has 0 saturated carbocycles. The van der Waals surface area contributed by atoms with E-state index in [1.807, 2.05) is 12.1 Å². The molecule has 164 valence electrons. The van der Waals surface area contributed by atoms with Gasteiger partial charge in [-0.05, 0) is 30.7 Å². The first-order valence-corrected chi connectivity index (χ1v) is 11.0. The number of rotatable bonds is 3. The number of anilines is 1. The summed E-state index contributed by atoms with van der Waals surface area (Å²) in [7, 11) is 1.68. The van der Waals surface area contributed by atoms with Gasteiger partial charge in [0.25, 0.3) is 11.8 Å². The van der Waals surface area contributed by atoms with Crippen LogP contribution < -0.4 is 9.64 Å². The van der Waals surface area contributed by atoms with Crippen LogP contribution in [0.25, 0.3) is 0 Å². The lowest BCUT2D eigenvalue weighted by Gasteiger charge is -2.33. The van der Waals surface area contributed by atoms with Crippen LogP contribution in [-0.4, -0.2) is 52.7 Å². The molecule has 2 amide bonds. The molecule has 0 radical (unpaired) electrons. The number of halogens is 2. The van der Waals surface area contributed by atoms with E-state index >= 15 is 0 Å². The average Bonchev–Trinajstić information content (AvgIpc) is 3.15. The summed E-state index contributed by atoms with van der Waals surface area (Å²) in [5, 5.41) is 4.42. The molecule has 9 heteroatoms. The molecule has 1 atom stereocenters. The lowest BCUT2D eigenvalue weighted by atomic mass is 10.0. The van der Waals surface area contributed by atoms with Crippen molar-refractivity contribution in [1.82, 2.24) is 14.7 Å². The van der Waals surface area contributed by atoms with Crippen molar-refractivity contribution in [2.45, 2.75) is 19.0 Å². The van der Waals surface area contributed by atoms with E-state index in [4.69, 9.17) is 4.74 Å². The minimum Gasteiger partial charge on any atom is -0.489 e. The molecular weight excluding hydrogens is 479 g/mol. The van der Waals surface area contributed by atoms with E-state index in [-0.39, 0.29) is 30.8 Å². The minimum atomic E-state index is -0.761. The first kappa shape index (κ1) is 20.7. The molecule has 3 aromatic rings. The molecule has 0 fully saturated rings. The average molecular weight is 499 g/mol. The fourth-order valence-corrected chi connectivity index (χ4v) is 4.51. The Morgan fingerprint density at radius 1 is 1.22 bits per heavy atom. The Kier molecular flexibility index (Phi) is 5.21. The highest BCUT2D eigenvalue weighted by Gasteiger charge is 2.39. The highest BCUT2D eigenvalue weighted by molar-refractivity contribution is 9.10. The molecule has 2 aliphatic rings. The monoisotopic (exact) mass is 498 g/mol. The van der Waals surface area contributed by atoms with E-state index in [9.17, 15) is 14.0 Å². The third-order valence-corrected chi connectivity index (χ3v) is 6.38. The van der Waals surface area contributed by atoms with Gasteiger partial charge in [0.1, 0.15) is 24.2 Å². The Morgan fingerprint density at radius 3 is 2.84 bits per heavy atom. The minimum absolute atomic E-state index is 0.0592. The Morgan fingerprint density at radius 2 is 2.03 bits per heavy atom. The maximum atomic E-state index is 14.0. The van der Waals surface area contributed by atoms with E-state index in [1.54, 1.807) is 42.2 Å². The number of hydrogen-bond donors (Lipinski definition) is 0. The Labute approximate surface area is 192 Å². The summed E-state index contributed by atoms with van der Waals surface area (Å²) in [6.45, 7) is 0.667. The third kappa shape index (κ3) is 3.56. The molecule has 0 bridgehead atoms. The zero-order valence-electron chi connectivity index (χ0n) is 17.3. The van der Waals surface area contributed by atoms with Gasteiger partial charge in [-0.3, -0.25) is 14.3 Å². The zero-order chi connectivity index (χ0) is 22.4. The number of likely N-dealkylation sites (N-methyl/N-ethyl adjacent to an activating group) is 1. The second-order valence-electron chi connectivity index (χ2n) is 7.88. The fraction of sp³-hybridized carbons (Fsp3) is 0.261. The summed E-state index contributed by atoms with van der Waals surface area (Å²) >= 11 is 3.42. The predicted octanol–water partition coefficient (Wildman–Crippen LogP) is 3.26. The van der Waals surface area contributed by atoms with Gasteiger partial charge in [0.15, 0.2) is 5.69 Å². The molecule has 2 aliphatic heterocycles. The van der Waals surface area contributed by atoms with Crippen molar-refractivity contribution in [2.75, 3.05) is 25.1 Å². The van der Waals surface area contributed by atoms with Gasteiger partial charge in [-0.15, -0.1) is 0 Å². The summed E-state index contributed by atoms with van der Waals surface area (Å²) in [6.07, 6.45) is 2.34. The molecule has 0 saturated heterocycles. The molecule has 1 unspecified atom stereocenters. The predicted molar refractivity (Wildman–Crippen MR) is 119 cm³/mol. The summed E-state index contributed by atoms with van der Waals surface area (Å²) in [6, 6.07) is 11.2. The maximum Gasteiger partial charge on any atom is 0.275 e. The Bertz CT molecular complexity index is 1230. The van der Waals surface area contributed by atoms with Crippen molar-refractivity contribution in [3.63, 3.8) is 0 Å². The van der Waals surface area contributed by atoms with Crippen LogP contribution in [0.5, 0.6) is 5.75 Å². The van der Waals surface area contributed by atoms with Gasteiger partial charge >= 0.3 is 0 Å². The van der Waals surface area contributed by atoms with Gasteiger partial charge in [0.05, 0.1) is 12.2 Å². The summed E-state index contributed by atoms with van der Waals surface area (Å²) in [5.41, 5.74) is 2.24. The lowest BCUT2D eigenvalue weighted by Crippen LogP contribution is -2.54. The third-order valence-electron chi connectivity index (χ3n) is 5.88. The van der Waals surface area contributed by atoms with Gasteiger partial charge in [0.2, 0.25) is 0 Å². The van der Waals surface area contributed by atoms with Gasteiger partial charge in [-0.1, -0.05) is 34.1 Å².